The summed E-state index contributed by atoms with van der Waals surface area (Å²) in [5, 5.41) is 3.11. The molecule has 0 unspecified atom stereocenters. The van der Waals surface area contributed by atoms with Crippen molar-refractivity contribution < 1.29 is 9.53 Å². The van der Waals surface area contributed by atoms with E-state index in [-0.39, 0.29) is 17.6 Å². The third-order valence-electron chi connectivity index (χ3n) is 5.09. The van der Waals surface area contributed by atoms with Crippen molar-refractivity contribution in [3.05, 3.63) is 69.6 Å². The number of amides is 1. The van der Waals surface area contributed by atoms with Gasteiger partial charge in [-0.05, 0) is 49.1 Å². The summed E-state index contributed by atoms with van der Waals surface area (Å²) in [5.41, 5.74) is 4.41. The lowest BCUT2D eigenvalue weighted by Crippen LogP contribution is -2.35. The van der Waals surface area contributed by atoms with Crippen LogP contribution in [-0.2, 0) is 24.1 Å². The minimum Gasteiger partial charge on any atom is -0.380 e. The Bertz CT molecular complexity index is 1010. The average Bonchev–Trinajstić information content (AvgIpc) is 3.21. The second kappa shape index (κ2) is 7.40. The van der Waals surface area contributed by atoms with Crippen molar-refractivity contribution in [1.82, 2.24) is 14.9 Å². The normalized spacial score (nSPS) is 13.8. The predicted octanol–water partition coefficient (Wildman–Crippen LogP) is 2.26. The van der Waals surface area contributed by atoms with Crippen LogP contribution in [0, 0.1) is 0 Å². The minimum atomic E-state index is -0.187. The Kier molecular flexibility index (Phi) is 4.81. The summed E-state index contributed by atoms with van der Waals surface area (Å²) < 4.78 is 6.98. The maximum absolute atomic E-state index is 12.7. The minimum absolute atomic E-state index is 0.112. The summed E-state index contributed by atoms with van der Waals surface area (Å²) in [4.78, 5) is 27.7. The maximum Gasteiger partial charge on any atom is 0.326 e. The summed E-state index contributed by atoms with van der Waals surface area (Å²) in [6.45, 7) is 3.50. The SMILES string of the molecule is CCOCCn1c(=O)[nH]c2cc(C(=O)NC3Cc4ccccc4C3)ccc21. The molecule has 0 saturated heterocycles. The second-order valence-corrected chi connectivity index (χ2v) is 6.86. The van der Waals surface area contributed by atoms with E-state index < -0.39 is 0 Å². The van der Waals surface area contributed by atoms with E-state index >= 15 is 0 Å². The molecule has 2 N–H and O–H groups in total. The van der Waals surface area contributed by atoms with Gasteiger partial charge in [0.05, 0.1) is 24.2 Å². The number of aromatic amines is 1. The van der Waals surface area contributed by atoms with Gasteiger partial charge in [-0.2, -0.15) is 0 Å². The van der Waals surface area contributed by atoms with E-state index in [0.717, 1.165) is 18.4 Å². The molecule has 3 aromatic rings. The first-order valence-corrected chi connectivity index (χ1v) is 9.33. The highest BCUT2D eigenvalue weighted by molar-refractivity contribution is 5.97. The van der Waals surface area contributed by atoms with Gasteiger partial charge in [0.1, 0.15) is 0 Å². The summed E-state index contributed by atoms with van der Waals surface area (Å²) in [7, 11) is 0. The molecule has 4 rings (SSSR count). The summed E-state index contributed by atoms with van der Waals surface area (Å²) in [6.07, 6.45) is 1.71. The van der Waals surface area contributed by atoms with Crippen LogP contribution in [0.3, 0.4) is 0 Å². The fourth-order valence-corrected chi connectivity index (χ4v) is 3.76. The van der Waals surface area contributed by atoms with Gasteiger partial charge >= 0.3 is 5.69 Å². The lowest BCUT2D eigenvalue weighted by molar-refractivity contribution is 0.0938. The number of aromatic nitrogens is 2. The van der Waals surface area contributed by atoms with Crippen LogP contribution in [0.4, 0.5) is 0 Å². The number of hydrogen-bond acceptors (Lipinski definition) is 3. The fraction of sp³-hybridized carbons (Fsp3) is 0.333. The number of carbonyl (C=O) groups is 1. The van der Waals surface area contributed by atoms with Crippen molar-refractivity contribution in [2.75, 3.05) is 13.2 Å². The molecule has 6 nitrogen and oxygen atoms in total. The Morgan fingerprint density at radius 1 is 1.22 bits per heavy atom. The Hall–Kier alpha value is -2.86. The fourth-order valence-electron chi connectivity index (χ4n) is 3.76. The van der Waals surface area contributed by atoms with Gasteiger partial charge in [0.15, 0.2) is 0 Å². The Labute approximate surface area is 157 Å². The zero-order valence-electron chi connectivity index (χ0n) is 15.3. The molecule has 27 heavy (non-hydrogen) atoms. The Morgan fingerprint density at radius 2 is 1.96 bits per heavy atom. The number of carbonyl (C=O) groups excluding carboxylic acids is 1. The van der Waals surface area contributed by atoms with Crippen LogP contribution in [0.25, 0.3) is 11.0 Å². The lowest BCUT2D eigenvalue weighted by atomic mass is 10.1. The molecule has 0 radical (unpaired) electrons. The van der Waals surface area contributed by atoms with Crippen molar-refractivity contribution in [2.45, 2.75) is 32.4 Å². The molecule has 1 aromatic heterocycles. The molecular formula is C21H23N3O3. The number of nitrogens with one attached hydrogen (secondary N) is 2. The van der Waals surface area contributed by atoms with Crippen LogP contribution in [0.15, 0.2) is 47.3 Å². The lowest BCUT2D eigenvalue weighted by Gasteiger charge is -2.12. The quantitative estimate of drug-likeness (QED) is 0.658. The number of H-pyrrole nitrogens is 1. The molecule has 0 aliphatic heterocycles. The molecule has 1 aliphatic rings. The van der Waals surface area contributed by atoms with Crippen LogP contribution >= 0.6 is 0 Å². The summed E-state index contributed by atoms with van der Waals surface area (Å²) in [6, 6.07) is 13.7. The smallest absolute Gasteiger partial charge is 0.326 e. The maximum atomic E-state index is 12.7. The van der Waals surface area contributed by atoms with Crippen LogP contribution in [0.2, 0.25) is 0 Å². The topological polar surface area (TPSA) is 76.1 Å². The second-order valence-electron chi connectivity index (χ2n) is 6.86. The molecule has 2 aromatic carbocycles. The van der Waals surface area contributed by atoms with E-state index in [4.69, 9.17) is 4.74 Å². The van der Waals surface area contributed by atoms with Gasteiger partial charge in [0.25, 0.3) is 5.91 Å². The third-order valence-corrected chi connectivity index (χ3v) is 5.09. The summed E-state index contributed by atoms with van der Waals surface area (Å²) >= 11 is 0. The van der Waals surface area contributed by atoms with Crippen LogP contribution in [-0.4, -0.2) is 34.7 Å². The Morgan fingerprint density at radius 3 is 2.67 bits per heavy atom. The van der Waals surface area contributed by atoms with Gasteiger partial charge in [0.2, 0.25) is 0 Å². The molecular weight excluding hydrogens is 342 g/mol. The van der Waals surface area contributed by atoms with Gasteiger partial charge in [0, 0.05) is 18.2 Å². The van der Waals surface area contributed by atoms with Crippen molar-refractivity contribution in [2.24, 2.45) is 0 Å². The number of benzene rings is 2. The highest BCUT2D eigenvalue weighted by Crippen LogP contribution is 2.22. The molecule has 1 heterocycles. The van der Waals surface area contributed by atoms with Gasteiger partial charge in [-0.3, -0.25) is 9.36 Å². The molecule has 0 fully saturated rings. The molecule has 1 amide bonds. The predicted molar refractivity (Wildman–Crippen MR) is 104 cm³/mol. The van der Waals surface area contributed by atoms with Crippen molar-refractivity contribution in [3.8, 4) is 0 Å². The highest BCUT2D eigenvalue weighted by Gasteiger charge is 2.23. The molecule has 6 heteroatoms. The molecule has 0 atom stereocenters. The number of nitrogens with zero attached hydrogens (tertiary/aromatic N) is 1. The van der Waals surface area contributed by atoms with E-state index in [0.29, 0.717) is 30.8 Å². The molecule has 0 saturated carbocycles. The molecule has 140 valence electrons. The largest absolute Gasteiger partial charge is 0.380 e. The van der Waals surface area contributed by atoms with E-state index in [2.05, 4.69) is 22.4 Å². The number of fused-ring (bicyclic) bond motifs is 2. The first-order chi connectivity index (χ1) is 13.2. The number of rotatable bonds is 6. The van der Waals surface area contributed by atoms with Crippen molar-refractivity contribution in [1.29, 1.82) is 0 Å². The average molecular weight is 365 g/mol. The van der Waals surface area contributed by atoms with Gasteiger partial charge < -0.3 is 15.0 Å². The van der Waals surface area contributed by atoms with E-state index in [1.807, 2.05) is 25.1 Å². The summed E-state index contributed by atoms with van der Waals surface area (Å²) in [5.74, 6) is -0.113. The van der Waals surface area contributed by atoms with Crippen LogP contribution in [0.5, 0.6) is 0 Å². The number of ether oxygens (including phenoxy) is 1. The first-order valence-electron chi connectivity index (χ1n) is 9.33. The van der Waals surface area contributed by atoms with E-state index in [1.54, 1.807) is 16.7 Å². The molecule has 0 bridgehead atoms. The van der Waals surface area contributed by atoms with Gasteiger partial charge in [-0.1, -0.05) is 24.3 Å². The zero-order valence-corrected chi connectivity index (χ0v) is 15.3. The first kappa shape index (κ1) is 17.5. The number of imidazole rings is 1. The van der Waals surface area contributed by atoms with E-state index in [1.165, 1.54) is 11.1 Å². The van der Waals surface area contributed by atoms with Crippen molar-refractivity contribution >= 4 is 16.9 Å². The standard InChI is InChI=1S/C21H23N3O3/c1-2-27-10-9-24-19-8-7-16(13-18(19)23-21(24)26)20(25)22-17-11-14-5-3-4-6-15(14)12-17/h3-8,13,17H,2,9-12H2,1H3,(H,22,25)(H,23,26). The third kappa shape index (κ3) is 3.53. The highest BCUT2D eigenvalue weighted by atomic mass is 16.5. The monoisotopic (exact) mass is 365 g/mol. The van der Waals surface area contributed by atoms with E-state index in [9.17, 15) is 9.59 Å². The van der Waals surface area contributed by atoms with Crippen molar-refractivity contribution in [3.63, 3.8) is 0 Å². The molecule has 1 aliphatic carbocycles. The van der Waals surface area contributed by atoms with Gasteiger partial charge in [-0.25, -0.2) is 4.79 Å². The molecule has 0 spiro atoms. The van der Waals surface area contributed by atoms with Crippen LogP contribution in [0.1, 0.15) is 28.4 Å². The zero-order chi connectivity index (χ0) is 18.8. The van der Waals surface area contributed by atoms with Crippen LogP contribution < -0.4 is 11.0 Å². The Balaban J connectivity index is 1.49. The number of hydrogen-bond donors (Lipinski definition) is 2. The van der Waals surface area contributed by atoms with Gasteiger partial charge in [-0.15, -0.1) is 0 Å².